The van der Waals surface area contributed by atoms with Crippen LogP contribution in [0.5, 0.6) is 0 Å². The standard InChI is InChI=1S/C14H18N2/c1-2-5-12-10-13(8-7-11(12)4-1)16-14-6-3-9-15-14/h7-8,10H,1-6,9H2,(H,15,16). The van der Waals surface area contributed by atoms with E-state index in [1.807, 2.05) is 0 Å². The molecule has 0 saturated carbocycles. The van der Waals surface area contributed by atoms with Gasteiger partial charge in [-0.05, 0) is 55.4 Å². The van der Waals surface area contributed by atoms with Crippen molar-refractivity contribution in [1.29, 1.82) is 0 Å². The molecule has 0 radical (unpaired) electrons. The maximum atomic E-state index is 4.45. The molecule has 2 aliphatic rings. The van der Waals surface area contributed by atoms with E-state index < -0.39 is 0 Å². The van der Waals surface area contributed by atoms with Crippen LogP contribution in [-0.2, 0) is 12.8 Å². The van der Waals surface area contributed by atoms with E-state index in [4.69, 9.17) is 0 Å². The van der Waals surface area contributed by atoms with Crippen LogP contribution in [0.1, 0.15) is 36.8 Å². The number of fused-ring (bicyclic) bond motifs is 1. The third-order valence-corrected chi connectivity index (χ3v) is 3.51. The van der Waals surface area contributed by atoms with Crippen molar-refractivity contribution < 1.29 is 0 Å². The van der Waals surface area contributed by atoms with Gasteiger partial charge in [0.1, 0.15) is 5.84 Å². The normalized spacial score (nSPS) is 19.1. The van der Waals surface area contributed by atoms with E-state index in [0.717, 1.165) is 18.8 Å². The summed E-state index contributed by atoms with van der Waals surface area (Å²) in [5, 5.41) is 3.44. The lowest BCUT2D eigenvalue weighted by Gasteiger charge is -2.17. The molecular formula is C14H18N2. The molecule has 0 unspecified atom stereocenters. The smallest absolute Gasteiger partial charge is 0.101 e. The van der Waals surface area contributed by atoms with E-state index in [-0.39, 0.29) is 0 Å². The number of amidine groups is 1. The van der Waals surface area contributed by atoms with Crippen LogP contribution >= 0.6 is 0 Å². The number of hydrogen-bond donors (Lipinski definition) is 1. The molecule has 2 nitrogen and oxygen atoms in total. The van der Waals surface area contributed by atoms with Crippen molar-refractivity contribution >= 4 is 11.5 Å². The van der Waals surface area contributed by atoms with Crippen molar-refractivity contribution in [2.45, 2.75) is 38.5 Å². The number of nitrogens with zero attached hydrogens (tertiary/aromatic N) is 1. The first-order valence-corrected chi connectivity index (χ1v) is 6.34. The van der Waals surface area contributed by atoms with Crippen molar-refractivity contribution in [1.82, 2.24) is 0 Å². The third-order valence-electron chi connectivity index (χ3n) is 3.51. The monoisotopic (exact) mass is 214 g/mol. The summed E-state index contributed by atoms with van der Waals surface area (Å²) in [7, 11) is 0. The lowest BCUT2D eigenvalue weighted by atomic mass is 9.91. The SMILES string of the molecule is c1cc2c(cc1NC1=NCCC1)CCCC2. The molecule has 1 aromatic carbocycles. The Morgan fingerprint density at radius 3 is 2.62 bits per heavy atom. The molecule has 1 aliphatic heterocycles. The highest BCUT2D eigenvalue weighted by molar-refractivity contribution is 5.96. The largest absolute Gasteiger partial charge is 0.344 e. The minimum absolute atomic E-state index is 0.993. The van der Waals surface area contributed by atoms with Gasteiger partial charge in [-0.25, -0.2) is 0 Å². The molecule has 0 atom stereocenters. The minimum atomic E-state index is 0.993. The average molecular weight is 214 g/mol. The molecule has 0 amide bonds. The summed E-state index contributed by atoms with van der Waals surface area (Å²) < 4.78 is 0. The van der Waals surface area contributed by atoms with Crippen molar-refractivity contribution in [3.8, 4) is 0 Å². The van der Waals surface area contributed by atoms with Gasteiger partial charge < -0.3 is 5.32 Å². The maximum absolute atomic E-state index is 4.45. The van der Waals surface area contributed by atoms with Crippen LogP contribution in [0.25, 0.3) is 0 Å². The van der Waals surface area contributed by atoms with Crippen LogP contribution in [-0.4, -0.2) is 12.4 Å². The second-order valence-corrected chi connectivity index (χ2v) is 4.75. The number of rotatable bonds is 1. The molecule has 0 fully saturated rings. The summed E-state index contributed by atoms with van der Waals surface area (Å²) in [6.45, 7) is 0.993. The highest BCUT2D eigenvalue weighted by Crippen LogP contribution is 2.24. The van der Waals surface area contributed by atoms with E-state index in [9.17, 15) is 0 Å². The van der Waals surface area contributed by atoms with Gasteiger partial charge in [0.15, 0.2) is 0 Å². The van der Waals surface area contributed by atoms with Gasteiger partial charge in [-0.2, -0.15) is 0 Å². The third kappa shape index (κ3) is 1.97. The molecule has 0 aromatic heterocycles. The summed E-state index contributed by atoms with van der Waals surface area (Å²) in [6.07, 6.45) is 7.52. The van der Waals surface area contributed by atoms with Crippen LogP contribution in [0.2, 0.25) is 0 Å². The van der Waals surface area contributed by atoms with Gasteiger partial charge in [0, 0.05) is 18.7 Å². The van der Waals surface area contributed by atoms with Gasteiger partial charge >= 0.3 is 0 Å². The number of benzene rings is 1. The van der Waals surface area contributed by atoms with Crippen LogP contribution in [0.4, 0.5) is 5.69 Å². The van der Waals surface area contributed by atoms with Crippen molar-refractivity contribution in [2.75, 3.05) is 11.9 Å². The van der Waals surface area contributed by atoms with E-state index in [1.54, 1.807) is 5.56 Å². The topological polar surface area (TPSA) is 24.4 Å². The Morgan fingerprint density at radius 2 is 1.81 bits per heavy atom. The maximum Gasteiger partial charge on any atom is 0.101 e. The van der Waals surface area contributed by atoms with Crippen LogP contribution < -0.4 is 5.32 Å². The number of aryl methyl sites for hydroxylation is 2. The Kier molecular flexibility index (Phi) is 2.65. The van der Waals surface area contributed by atoms with Crippen molar-refractivity contribution in [3.05, 3.63) is 29.3 Å². The molecule has 0 spiro atoms. The zero-order valence-electron chi connectivity index (χ0n) is 9.63. The number of nitrogens with one attached hydrogen (secondary N) is 1. The molecule has 1 N–H and O–H groups in total. The predicted octanol–water partition coefficient (Wildman–Crippen LogP) is 3.17. The minimum Gasteiger partial charge on any atom is -0.344 e. The molecular weight excluding hydrogens is 196 g/mol. The number of hydrogen-bond acceptors (Lipinski definition) is 2. The van der Waals surface area contributed by atoms with E-state index >= 15 is 0 Å². The average Bonchev–Trinajstić information content (AvgIpc) is 2.82. The van der Waals surface area contributed by atoms with Crippen molar-refractivity contribution in [3.63, 3.8) is 0 Å². The first-order chi connectivity index (χ1) is 7.92. The van der Waals surface area contributed by atoms with Gasteiger partial charge in [0.25, 0.3) is 0 Å². The second kappa shape index (κ2) is 4.28. The summed E-state index contributed by atoms with van der Waals surface area (Å²) in [5.41, 5.74) is 4.31. The Balaban J connectivity index is 1.80. The Labute approximate surface area is 96.8 Å². The van der Waals surface area contributed by atoms with Gasteiger partial charge in [0.05, 0.1) is 0 Å². The summed E-state index contributed by atoms with van der Waals surface area (Å²) in [4.78, 5) is 4.45. The molecule has 84 valence electrons. The van der Waals surface area contributed by atoms with Crippen LogP contribution in [0, 0.1) is 0 Å². The van der Waals surface area contributed by atoms with Crippen molar-refractivity contribution in [2.24, 2.45) is 4.99 Å². The molecule has 1 heterocycles. The number of anilines is 1. The van der Waals surface area contributed by atoms with E-state index in [0.29, 0.717) is 0 Å². The fourth-order valence-electron chi connectivity index (χ4n) is 2.62. The van der Waals surface area contributed by atoms with Crippen LogP contribution in [0.3, 0.4) is 0 Å². The van der Waals surface area contributed by atoms with Gasteiger partial charge in [-0.1, -0.05) is 6.07 Å². The number of aliphatic imine (C=N–C) groups is 1. The van der Waals surface area contributed by atoms with Gasteiger partial charge in [0.2, 0.25) is 0 Å². The highest BCUT2D eigenvalue weighted by atomic mass is 15.0. The highest BCUT2D eigenvalue weighted by Gasteiger charge is 2.11. The molecule has 1 aromatic rings. The quantitative estimate of drug-likeness (QED) is 0.763. The zero-order chi connectivity index (χ0) is 10.8. The predicted molar refractivity (Wildman–Crippen MR) is 68.2 cm³/mol. The molecule has 0 saturated heterocycles. The molecule has 16 heavy (non-hydrogen) atoms. The summed E-state index contributed by atoms with van der Waals surface area (Å²) in [6, 6.07) is 6.80. The summed E-state index contributed by atoms with van der Waals surface area (Å²) in [5.74, 6) is 1.16. The van der Waals surface area contributed by atoms with E-state index in [2.05, 4.69) is 28.5 Å². The lowest BCUT2D eigenvalue weighted by molar-refractivity contribution is 0.686. The Bertz CT molecular complexity index is 421. The Morgan fingerprint density at radius 1 is 0.938 bits per heavy atom. The van der Waals surface area contributed by atoms with Gasteiger partial charge in [-0.15, -0.1) is 0 Å². The molecule has 2 heteroatoms. The first kappa shape index (κ1) is 9.88. The molecule has 0 bridgehead atoms. The Hall–Kier alpha value is -1.31. The first-order valence-electron chi connectivity index (χ1n) is 6.34. The lowest BCUT2D eigenvalue weighted by Crippen LogP contribution is -2.10. The van der Waals surface area contributed by atoms with E-state index in [1.165, 1.54) is 43.4 Å². The fraction of sp³-hybridized carbons (Fsp3) is 0.500. The van der Waals surface area contributed by atoms with Gasteiger partial charge in [-0.3, -0.25) is 4.99 Å². The summed E-state index contributed by atoms with van der Waals surface area (Å²) >= 11 is 0. The second-order valence-electron chi connectivity index (χ2n) is 4.75. The molecule has 3 rings (SSSR count). The molecule has 1 aliphatic carbocycles. The zero-order valence-corrected chi connectivity index (χ0v) is 9.63. The fourth-order valence-corrected chi connectivity index (χ4v) is 2.62. The van der Waals surface area contributed by atoms with Crippen LogP contribution in [0.15, 0.2) is 23.2 Å².